The molecule has 3 heterocycles. The number of halogens is 1. The van der Waals surface area contributed by atoms with Gasteiger partial charge in [-0.05, 0) is 12.1 Å². The van der Waals surface area contributed by atoms with Crippen molar-refractivity contribution in [1.29, 1.82) is 0 Å². The van der Waals surface area contributed by atoms with Crippen molar-refractivity contribution in [3.05, 3.63) is 35.2 Å². The lowest BCUT2D eigenvalue weighted by atomic mass is 9.92. The molecule has 1 aliphatic heterocycles. The first-order valence-electron chi connectivity index (χ1n) is 7.64. The minimum Gasteiger partial charge on any atom is -0.351 e. The molecule has 0 aromatic carbocycles. The van der Waals surface area contributed by atoms with E-state index in [0.29, 0.717) is 17.0 Å². The standard InChI is InChI=1S/C16H21ClN6/c1-16(2,3)13-5-6-14(21-20-13)23-9-12(10-23)22(4)15-18-7-11(17)8-19-15/h5-8,12H,9-10H2,1-4H3. The molecule has 0 aliphatic carbocycles. The molecule has 0 unspecified atom stereocenters. The van der Waals surface area contributed by atoms with Crippen molar-refractivity contribution in [3.8, 4) is 0 Å². The lowest BCUT2D eigenvalue weighted by Gasteiger charge is -2.44. The normalized spacial score (nSPS) is 15.4. The molecule has 0 radical (unpaired) electrons. The predicted octanol–water partition coefficient (Wildman–Crippen LogP) is 2.54. The Morgan fingerprint density at radius 1 is 1.13 bits per heavy atom. The highest BCUT2D eigenvalue weighted by molar-refractivity contribution is 6.30. The zero-order chi connectivity index (χ0) is 16.6. The molecule has 0 atom stereocenters. The van der Waals surface area contributed by atoms with Gasteiger partial charge in [0.2, 0.25) is 5.95 Å². The summed E-state index contributed by atoms with van der Waals surface area (Å²) in [5, 5.41) is 9.25. The molecule has 122 valence electrons. The fraction of sp³-hybridized carbons (Fsp3) is 0.500. The number of rotatable bonds is 3. The number of hydrogen-bond donors (Lipinski definition) is 0. The predicted molar refractivity (Wildman–Crippen MR) is 92.2 cm³/mol. The van der Waals surface area contributed by atoms with Gasteiger partial charge in [-0.15, -0.1) is 5.10 Å². The number of aromatic nitrogens is 4. The molecule has 3 rings (SSSR count). The van der Waals surface area contributed by atoms with Crippen molar-refractivity contribution < 1.29 is 0 Å². The van der Waals surface area contributed by atoms with E-state index < -0.39 is 0 Å². The smallest absolute Gasteiger partial charge is 0.225 e. The molecular formula is C16H21ClN6. The molecule has 1 saturated heterocycles. The van der Waals surface area contributed by atoms with Crippen LogP contribution < -0.4 is 9.80 Å². The second-order valence-corrected chi connectivity index (χ2v) is 7.33. The summed E-state index contributed by atoms with van der Waals surface area (Å²) in [6.07, 6.45) is 3.24. The van der Waals surface area contributed by atoms with Crippen molar-refractivity contribution in [2.24, 2.45) is 0 Å². The number of anilines is 2. The Hall–Kier alpha value is -1.95. The van der Waals surface area contributed by atoms with Crippen LogP contribution >= 0.6 is 11.6 Å². The number of nitrogens with zero attached hydrogens (tertiary/aromatic N) is 6. The molecule has 0 bridgehead atoms. The summed E-state index contributed by atoms with van der Waals surface area (Å²) in [7, 11) is 2.00. The third kappa shape index (κ3) is 3.37. The van der Waals surface area contributed by atoms with Crippen LogP contribution in [0.4, 0.5) is 11.8 Å². The fourth-order valence-electron chi connectivity index (χ4n) is 2.43. The third-order valence-electron chi connectivity index (χ3n) is 4.08. The van der Waals surface area contributed by atoms with Crippen molar-refractivity contribution in [2.75, 3.05) is 29.9 Å². The second kappa shape index (κ2) is 5.92. The maximum Gasteiger partial charge on any atom is 0.225 e. The van der Waals surface area contributed by atoms with Gasteiger partial charge in [0, 0.05) is 25.6 Å². The van der Waals surface area contributed by atoms with E-state index in [1.54, 1.807) is 12.4 Å². The summed E-state index contributed by atoms with van der Waals surface area (Å²) in [5.74, 6) is 1.60. The van der Waals surface area contributed by atoms with Gasteiger partial charge in [0.25, 0.3) is 0 Å². The van der Waals surface area contributed by atoms with Crippen LogP contribution in [0.2, 0.25) is 5.02 Å². The lowest BCUT2D eigenvalue weighted by Crippen LogP contribution is -2.59. The largest absolute Gasteiger partial charge is 0.351 e. The molecule has 2 aromatic heterocycles. The molecule has 0 amide bonds. The summed E-state index contributed by atoms with van der Waals surface area (Å²) in [6.45, 7) is 8.17. The van der Waals surface area contributed by atoms with E-state index in [1.165, 1.54) is 0 Å². The highest BCUT2D eigenvalue weighted by Crippen LogP contribution is 2.25. The van der Waals surface area contributed by atoms with Crippen molar-refractivity contribution in [3.63, 3.8) is 0 Å². The minimum atomic E-state index is 0.0230. The van der Waals surface area contributed by atoms with Gasteiger partial charge in [0.05, 0.1) is 29.2 Å². The zero-order valence-electron chi connectivity index (χ0n) is 13.9. The van der Waals surface area contributed by atoms with Gasteiger partial charge >= 0.3 is 0 Å². The first kappa shape index (κ1) is 15.9. The quantitative estimate of drug-likeness (QED) is 0.861. The zero-order valence-corrected chi connectivity index (χ0v) is 14.6. The molecule has 6 nitrogen and oxygen atoms in total. The van der Waals surface area contributed by atoms with Gasteiger partial charge in [0.15, 0.2) is 5.82 Å². The Bertz CT molecular complexity index is 658. The van der Waals surface area contributed by atoms with E-state index in [2.05, 4.69) is 56.8 Å². The average Bonchev–Trinajstić information content (AvgIpc) is 2.46. The van der Waals surface area contributed by atoms with Crippen LogP contribution in [-0.2, 0) is 5.41 Å². The van der Waals surface area contributed by atoms with Crippen LogP contribution in [0, 0.1) is 0 Å². The molecule has 0 saturated carbocycles. The van der Waals surface area contributed by atoms with E-state index in [9.17, 15) is 0 Å². The molecule has 23 heavy (non-hydrogen) atoms. The number of likely N-dealkylation sites (N-methyl/N-ethyl adjacent to an activating group) is 1. The maximum absolute atomic E-state index is 5.82. The molecular weight excluding hydrogens is 312 g/mol. The highest BCUT2D eigenvalue weighted by Gasteiger charge is 2.32. The monoisotopic (exact) mass is 332 g/mol. The van der Waals surface area contributed by atoms with Crippen LogP contribution in [0.1, 0.15) is 26.5 Å². The maximum atomic E-state index is 5.82. The Balaban J connectivity index is 1.61. The molecule has 1 fully saturated rings. The fourth-order valence-corrected chi connectivity index (χ4v) is 2.53. The van der Waals surface area contributed by atoms with E-state index in [1.807, 2.05) is 13.1 Å². The van der Waals surface area contributed by atoms with Gasteiger partial charge in [-0.2, -0.15) is 5.10 Å². The summed E-state index contributed by atoms with van der Waals surface area (Å²) >= 11 is 5.82. The summed E-state index contributed by atoms with van der Waals surface area (Å²) in [4.78, 5) is 12.8. The van der Waals surface area contributed by atoms with Gasteiger partial charge in [-0.25, -0.2) is 9.97 Å². The Labute approximate surface area is 141 Å². The molecule has 0 spiro atoms. The van der Waals surface area contributed by atoms with Crippen LogP contribution in [0.5, 0.6) is 0 Å². The van der Waals surface area contributed by atoms with Gasteiger partial charge in [-0.3, -0.25) is 0 Å². The van der Waals surface area contributed by atoms with E-state index >= 15 is 0 Å². The molecule has 1 aliphatic rings. The third-order valence-corrected chi connectivity index (χ3v) is 4.27. The molecule has 0 N–H and O–H groups in total. The molecule has 2 aromatic rings. The number of hydrogen-bond acceptors (Lipinski definition) is 6. The van der Waals surface area contributed by atoms with Crippen LogP contribution in [-0.4, -0.2) is 46.3 Å². The van der Waals surface area contributed by atoms with Gasteiger partial charge in [-0.1, -0.05) is 32.4 Å². The molecule has 7 heteroatoms. The Morgan fingerprint density at radius 3 is 2.30 bits per heavy atom. The second-order valence-electron chi connectivity index (χ2n) is 6.90. The van der Waals surface area contributed by atoms with Crippen LogP contribution in [0.3, 0.4) is 0 Å². The van der Waals surface area contributed by atoms with E-state index in [0.717, 1.165) is 24.6 Å². The van der Waals surface area contributed by atoms with Crippen molar-refractivity contribution >= 4 is 23.4 Å². The first-order valence-corrected chi connectivity index (χ1v) is 8.02. The Kier molecular flexibility index (Phi) is 4.10. The van der Waals surface area contributed by atoms with E-state index in [4.69, 9.17) is 11.6 Å². The van der Waals surface area contributed by atoms with Crippen LogP contribution in [0.25, 0.3) is 0 Å². The van der Waals surface area contributed by atoms with Crippen molar-refractivity contribution in [2.45, 2.75) is 32.2 Å². The van der Waals surface area contributed by atoms with Gasteiger partial charge in [0.1, 0.15) is 0 Å². The van der Waals surface area contributed by atoms with Gasteiger partial charge < -0.3 is 9.80 Å². The summed E-state index contributed by atoms with van der Waals surface area (Å²) < 4.78 is 0. The Morgan fingerprint density at radius 2 is 1.78 bits per heavy atom. The average molecular weight is 333 g/mol. The first-order chi connectivity index (χ1) is 10.8. The topological polar surface area (TPSA) is 58.0 Å². The van der Waals surface area contributed by atoms with Crippen LogP contribution in [0.15, 0.2) is 24.5 Å². The highest BCUT2D eigenvalue weighted by atomic mass is 35.5. The summed E-state index contributed by atoms with van der Waals surface area (Å²) in [5.41, 5.74) is 1.03. The SMILES string of the molecule is CN(c1ncc(Cl)cn1)C1CN(c2ccc(C(C)(C)C)nn2)C1. The minimum absolute atomic E-state index is 0.0230. The van der Waals surface area contributed by atoms with Crippen molar-refractivity contribution in [1.82, 2.24) is 20.2 Å². The lowest BCUT2D eigenvalue weighted by molar-refractivity contribution is 0.482. The summed E-state index contributed by atoms with van der Waals surface area (Å²) in [6, 6.07) is 4.46. The van der Waals surface area contributed by atoms with E-state index in [-0.39, 0.29) is 5.41 Å².